The van der Waals surface area contributed by atoms with Crippen LogP contribution in [0.15, 0.2) is 54.6 Å². The minimum atomic E-state index is 0.336. The molecule has 1 aliphatic heterocycles. The molecule has 0 aromatic heterocycles. The molecule has 3 nitrogen and oxygen atoms in total. The van der Waals surface area contributed by atoms with Crippen molar-refractivity contribution in [2.45, 2.75) is 6.54 Å². The third-order valence-electron chi connectivity index (χ3n) is 3.84. The summed E-state index contributed by atoms with van der Waals surface area (Å²) in [7, 11) is 0. The number of anilines is 1. The lowest BCUT2D eigenvalue weighted by Crippen LogP contribution is -2.45. The van der Waals surface area contributed by atoms with Crippen molar-refractivity contribution in [3.63, 3.8) is 0 Å². The van der Waals surface area contributed by atoms with Gasteiger partial charge in [0.1, 0.15) is 5.75 Å². The van der Waals surface area contributed by atoms with Gasteiger partial charge in [-0.25, -0.2) is 0 Å². The number of hydrogen-bond acceptors (Lipinski definition) is 3. The Labute approximate surface area is 120 Å². The molecule has 0 bridgehead atoms. The van der Waals surface area contributed by atoms with Crippen molar-refractivity contribution >= 4 is 5.69 Å². The van der Waals surface area contributed by atoms with Crippen molar-refractivity contribution < 1.29 is 5.11 Å². The molecule has 104 valence electrons. The minimum Gasteiger partial charge on any atom is -0.508 e. The molecule has 3 heteroatoms. The summed E-state index contributed by atoms with van der Waals surface area (Å²) in [6, 6.07) is 18.1. The molecular weight excluding hydrogens is 248 g/mol. The van der Waals surface area contributed by atoms with Gasteiger partial charge in [0.25, 0.3) is 0 Å². The van der Waals surface area contributed by atoms with Gasteiger partial charge in [0.05, 0.1) is 0 Å². The summed E-state index contributed by atoms with van der Waals surface area (Å²) < 4.78 is 0. The summed E-state index contributed by atoms with van der Waals surface area (Å²) in [5, 5.41) is 9.30. The topological polar surface area (TPSA) is 26.7 Å². The molecule has 1 aliphatic rings. The van der Waals surface area contributed by atoms with Crippen LogP contribution in [0.25, 0.3) is 0 Å². The fourth-order valence-electron chi connectivity index (χ4n) is 2.66. The van der Waals surface area contributed by atoms with Gasteiger partial charge in [-0.2, -0.15) is 0 Å². The van der Waals surface area contributed by atoms with Crippen molar-refractivity contribution in [1.29, 1.82) is 0 Å². The van der Waals surface area contributed by atoms with Gasteiger partial charge < -0.3 is 10.0 Å². The molecule has 0 unspecified atom stereocenters. The lowest BCUT2D eigenvalue weighted by atomic mass is 10.2. The van der Waals surface area contributed by atoms with Gasteiger partial charge in [-0.05, 0) is 29.8 Å². The van der Waals surface area contributed by atoms with Gasteiger partial charge in [0.15, 0.2) is 0 Å². The summed E-state index contributed by atoms with van der Waals surface area (Å²) in [6.45, 7) is 5.26. The van der Waals surface area contributed by atoms with Crippen LogP contribution in [-0.4, -0.2) is 36.2 Å². The first-order valence-corrected chi connectivity index (χ1v) is 7.11. The van der Waals surface area contributed by atoms with E-state index in [0.29, 0.717) is 5.75 Å². The third kappa shape index (κ3) is 3.11. The van der Waals surface area contributed by atoms with Crippen molar-refractivity contribution in [2.75, 3.05) is 31.1 Å². The molecule has 2 aromatic carbocycles. The maximum Gasteiger partial charge on any atom is 0.115 e. The number of nitrogens with zero attached hydrogens (tertiary/aromatic N) is 2. The second-order valence-corrected chi connectivity index (χ2v) is 5.27. The van der Waals surface area contributed by atoms with E-state index in [2.05, 4.69) is 40.1 Å². The zero-order valence-corrected chi connectivity index (χ0v) is 11.6. The highest BCUT2D eigenvalue weighted by molar-refractivity contribution is 5.46. The Morgan fingerprint density at radius 3 is 2.10 bits per heavy atom. The maximum absolute atomic E-state index is 9.30. The average Bonchev–Trinajstić information content (AvgIpc) is 2.51. The van der Waals surface area contributed by atoms with Crippen LogP contribution >= 0.6 is 0 Å². The van der Waals surface area contributed by atoms with Gasteiger partial charge in [-0.3, -0.25) is 4.90 Å². The van der Waals surface area contributed by atoms with Crippen molar-refractivity contribution in [3.05, 3.63) is 60.2 Å². The largest absolute Gasteiger partial charge is 0.508 e. The molecule has 0 atom stereocenters. The second-order valence-electron chi connectivity index (χ2n) is 5.27. The molecule has 0 amide bonds. The van der Waals surface area contributed by atoms with E-state index in [0.717, 1.165) is 32.7 Å². The van der Waals surface area contributed by atoms with Crippen molar-refractivity contribution in [2.24, 2.45) is 0 Å². The Morgan fingerprint density at radius 1 is 0.800 bits per heavy atom. The number of rotatable bonds is 3. The van der Waals surface area contributed by atoms with E-state index in [9.17, 15) is 5.11 Å². The number of phenolic OH excluding ortho intramolecular Hbond substituents is 1. The second kappa shape index (κ2) is 5.97. The van der Waals surface area contributed by atoms with Crippen LogP contribution in [0.5, 0.6) is 5.75 Å². The molecule has 1 N–H and O–H groups in total. The van der Waals surface area contributed by atoms with Gasteiger partial charge in [-0.1, -0.05) is 30.3 Å². The minimum absolute atomic E-state index is 0.336. The lowest BCUT2D eigenvalue weighted by Gasteiger charge is -2.36. The first-order valence-electron chi connectivity index (χ1n) is 7.11. The van der Waals surface area contributed by atoms with Crippen LogP contribution in [0, 0.1) is 0 Å². The SMILES string of the molecule is Oc1ccc(CN2CCN(c3ccccc3)CC2)cc1. The molecule has 0 aliphatic carbocycles. The molecule has 20 heavy (non-hydrogen) atoms. The molecule has 0 radical (unpaired) electrons. The summed E-state index contributed by atoms with van der Waals surface area (Å²) in [5.41, 5.74) is 2.58. The Bertz CT molecular complexity index is 531. The predicted octanol–water partition coefficient (Wildman–Crippen LogP) is 2.71. The lowest BCUT2D eigenvalue weighted by molar-refractivity contribution is 0.250. The predicted molar refractivity (Wildman–Crippen MR) is 82.0 cm³/mol. The van der Waals surface area contributed by atoms with Gasteiger partial charge in [0, 0.05) is 38.4 Å². The highest BCUT2D eigenvalue weighted by Crippen LogP contribution is 2.17. The molecular formula is C17H20N2O. The van der Waals surface area contributed by atoms with Crippen molar-refractivity contribution in [3.8, 4) is 5.75 Å². The van der Waals surface area contributed by atoms with E-state index < -0.39 is 0 Å². The van der Waals surface area contributed by atoms with Crippen molar-refractivity contribution in [1.82, 2.24) is 4.90 Å². The van der Waals surface area contributed by atoms with E-state index in [1.807, 2.05) is 12.1 Å². The zero-order valence-electron chi connectivity index (χ0n) is 11.6. The van der Waals surface area contributed by atoms with E-state index in [1.165, 1.54) is 11.3 Å². The summed E-state index contributed by atoms with van der Waals surface area (Å²) in [6.07, 6.45) is 0. The molecule has 0 saturated carbocycles. The number of piperazine rings is 1. The van der Waals surface area contributed by atoms with E-state index in [1.54, 1.807) is 12.1 Å². The molecule has 3 rings (SSSR count). The Hall–Kier alpha value is -2.00. The maximum atomic E-state index is 9.30. The van der Waals surface area contributed by atoms with Crippen LogP contribution in [0.3, 0.4) is 0 Å². The summed E-state index contributed by atoms with van der Waals surface area (Å²) in [4.78, 5) is 4.90. The molecule has 1 heterocycles. The number of aromatic hydroxyl groups is 1. The normalized spacial score (nSPS) is 16.3. The van der Waals surface area contributed by atoms with Gasteiger partial charge in [0.2, 0.25) is 0 Å². The van der Waals surface area contributed by atoms with E-state index >= 15 is 0 Å². The smallest absolute Gasteiger partial charge is 0.115 e. The van der Waals surface area contributed by atoms with Crippen LogP contribution in [0.1, 0.15) is 5.56 Å². The van der Waals surface area contributed by atoms with Crippen LogP contribution in [0.2, 0.25) is 0 Å². The first kappa shape index (κ1) is 13.0. The highest BCUT2D eigenvalue weighted by atomic mass is 16.3. The Morgan fingerprint density at radius 2 is 1.45 bits per heavy atom. The summed E-state index contributed by atoms with van der Waals surface area (Å²) >= 11 is 0. The van der Waals surface area contributed by atoms with Crippen LogP contribution < -0.4 is 4.90 Å². The molecule has 2 aromatic rings. The van der Waals surface area contributed by atoms with Gasteiger partial charge >= 0.3 is 0 Å². The first-order chi connectivity index (χ1) is 9.81. The average molecular weight is 268 g/mol. The zero-order chi connectivity index (χ0) is 13.8. The summed E-state index contributed by atoms with van der Waals surface area (Å²) in [5.74, 6) is 0.336. The Balaban J connectivity index is 1.55. The number of benzene rings is 2. The molecule has 1 saturated heterocycles. The third-order valence-corrected chi connectivity index (χ3v) is 3.84. The fourth-order valence-corrected chi connectivity index (χ4v) is 2.66. The molecule has 1 fully saturated rings. The van der Waals surface area contributed by atoms with E-state index in [4.69, 9.17) is 0 Å². The van der Waals surface area contributed by atoms with Crippen LogP contribution in [0.4, 0.5) is 5.69 Å². The quantitative estimate of drug-likeness (QED) is 0.927. The van der Waals surface area contributed by atoms with E-state index in [-0.39, 0.29) is 0 Å². The Kier molecular flexibility index (Phi) is 3.88. The number of phenols is 1. The van der Waals surface area contributed by atoms with Gasteiger partial charge in [-0.15, -0.1) is 0 Å². The molecule has 0 spiro atoms. The monoisotopic (exact) mass is 268 g/mol. The highest BCUT2D eigenvalue weighted by Gasteiger charge is 2.16. The fraction of sp³-hybridized carbons (Fsp3) is 0.294. The number of hydrogen-bond donors (Lipinski definition) is 1. The number of para-hydroxylation sites is 1. The standard InChI is InChI=1S/C17H20N2O/c20-17-8-6-15(7-9-17)14-18-10-12-19(13-11-18)16-4-2-1-3-5-16/h1-9,20H,10-14H2. The van der Waals surface area contributed by atoms with Crippen LogP contribution in [-0.2, 0) is 6.54 Å².